The highest BCUT2D eigenvalue weighted by Crippen LogP contribution is 2.34. The van der Waals surface area contributed by atoms with Crippen LogP contribution in [0.4, 0.5) is 25.1 Å². The average Bonchev–Trinajstić information content (AvgIpc) is 3.26. The summed E-state index contributed by atoms with van der Waals surface area (Å²) in [7, 11) is 0. The first kappa shape index (κ1) is 18.7. The molecule has 4 heterocycles. The van der Waals surface area contributed by atoms with Crippen molar-refractivity contribution in [3.63, 3.8) is 0 Å². The highest BCUT2D eigenvalue weighted by molar-refractivity contribution is 7.20. The number of alkyl halides is 3. The van der Waals surface area contributed by atoms with Gasteiger partial charge in [0.15, 0.2) is 0 Å². The molecule has 11 heteroatoms. The van der Waals surface area contributed by atoms with E-state index in [1.165, 1.54) is 12.5 Å². The lowest BCUT2D eigenvalue weighted by Crippen LogP contribution is -2.30. The maximum absolute atomic E-state index is 12.9. The third-order valence-corrected chi connectivity index (χ3v) is 5.84. The number of carbonyl (C=O) groups excluding carboxylic acids is 1. The van der Waals surface area contributed by atoms with E-state index in [-0.39, 0.29) is 15.7 Å². The molecule has 2 N–H and O–H groups in total. The lowest BCUT2D eigenvalue weighted by Gasteiger charge is -2.24. The molecular formula is C17H17F3N6OS. The van der Waals surface area contributed by atoms with E-state index in [0.717, 1.165) is 43.3 Å². The van der Waals surface area contributed by atoms with Crippen molar-refractivity contribution in [2.45, 2.75) is 32.4 Å². The number of piperidine rings is 1. The standard InChI is InChI=1S/C17H17F3N6OS/c1-9-10-5-6-11(17(18,19)20)21-14(10)28-12(9)13(27)22-15-23-16(25-24-15)26-7-3-2-4-8-26/h5-6H,2-4,7-8H2,1H3,(H2,22,23,24,25,27). The number of carbonyl (C=O) groups is 1. The summed E-state index contributed by atoms with van der Waals surface area (Å²) < 4.78 is 38.6. The monoisotopic (exact) mass is 410 g/mol. The summed E-state index contributed by atoms with van der Waals surface area (Å²) in [6.45, 7) is 3.42. The van der Waals surface area contributed by atoms with E-state index >= 15 is 0 Å². The lowest BCUT2D eigenvalue weighted by molar-refractivity contribution is -0.140. The Bertz CT molecular complexity index is 1020. The zero-order chi connectivity index (χ0) is 19.9. The van der Waals surface area contributed by atoms with Gasteiger partial charge in [0.2, 0.25) is 11.9 Å². The summed E-state index contributed by atoms with van der Waals surface area (Å²) in [4.78, 5) is 23.1. The molecule has 0 aliphatic carbocycles. The number of hydrogen-bond acceptors (Lipinski definition) is 6. The van der Waals surface area contributed by atoms with Crippen molar-refractivity contribution in [3.05, 3.63) is 28.3 Å². The Kier molecular flexibility index (Phi) is 4.69. The number of amides is 1. The van der Waals surface area contributed by atoms with Gasteiger partial charge < -0.3 is 4.90 Å². The van der Waals surface area contributed by atoms with Gasteiger partial charge in [0.05, 0.1) is 4.88 Å². The highest BCUT2D eigenvalue weighted by Gasteiger charge is 2.33. The van der Waals surface area contributed by atoms with Gasteiger partial charge in [-0.2, -0.15) is 18.2 Å². The minimum atomic E-state index is -4.53. The van der Waals surface area contributed by atoms with Crippen molar-refractivity contribution in [3.8, 4) is 0 Å². The number of fused-ring (bicyclic) bond motifs is 1. The molecular weight excluding hydrogens is 393 g/mol. The van der Waals surface area contributed by atoms with Crippen molar-refractivity contribution in [2.24, 2.45) is 0 Å². The normalized spacial score (nSPS) is 15.2. The molecule has 3 aromatic heterocycles. The van der Waals surface area contributed by atoms with Gasteiger partial charge in [-0.1, -0.05) is 0 Å². The second-order valence-corrected chi connectivity index (χ2v) is 7.59. The molecule has 1 fully saturated rings. The fourth-order valence-electron chi connectivity index (χ4n) is 3.18. The number of rotatable bonds is 3. The molecule has 28 heavy (non-hydrogen) atoms. The molecule has 3 aromatic rings. The van der Waals surface area contributed by atoms with Crippen molar-refractivity contribution in [1.82, 2.24) is 20.2 Å². The number of thiophene rings is 1. The second kappa shape index (κ2) is 7.04. The maximum Gasteiger partial charge on any atom is 0.433 e. The van der Waals surface area contributed by atoms with Crippen molar-refractivity contribution >= 4 is 39.4 Å². The van der Waals surface area contributed by atoms with Crippen LogP contribution in [0.1, 0.15) is 40.2 Å². The summed E-state index contributed by atoms with van der Waals surface area (Å²) in [5.74, 6) is 0.265. The first-order valence-corrected chi connectivity index (χ1v) is 9.60. The lowest BCUT2D eigenvalue weighted by atomic mass is 10.1. The van der Waals surface area contributed by atoms with Gasteiger partial charge in [-0.15, -0.1) is 16.4 Å². The first-order valence-electron chi connectivity index (χ1n) is 8.79. The van der Waals surface area contributed by atoms with Crippen molar-refractivity contribution in [2.75, 3.05) is 23.3 Å². The molecule has 0 atom stereocenters. The molecule has 0 unspecified atom stereocenters. The van der Waals surface area contributed by atoms with Gasteiger partial charge in [-0.25, -0.2) is 10.1 Å². The second-order valence-electron chi connectivity index (χ2n) is 6.59. The molecule has 148 valence electrons. The Morgan fingerprint density at radius 3 is 2.68 bits per heavy atom. The third-order valence-electron chi connectivity index (χ3n) is 4.64. The molecule has 1 aliphatic rings. The molecule has 1 aliphatic heterocycles. The Labute approximate surface area is 162 Å². The van der Waals surface area contributed by atoms with Crippen LogP contribution in [-0.4, -0.2) is 39.2 Å². The van der Waals surface area contributed by atoms with Crippen molar-refractivity contribution in [1.29, 1.82) is 0 Å². The van der Waals surface area contributed by atoms with Crippen LogP contribution in [0.5, 0.6) is 0 Å². The minimum Gasteiger partial charge on any atom is -0.340 e. The van der Waals surface area contributed by atoms with Gasteiger partial charge in [-0.3, -0.25) is 10.1 Å². The fourth-order valence-corrected chi connectivity index (χ4v) is 4.26. The molecule has 0 spiro atoms. The topological polar surface area (TPSA) is 86.8 Å². The predicted octanol–water partition coefficient (Wildman–Crippen LogP) is 3.98. The number of nitrogens with zero attached hydrogens (tertiary/aromatic N) is 4. The highest BCUT2D eigenvalue weighted by atomic mass is 32.1. The van der Waals surface area contributed by atoms with Crippen LogP contribution in [0.15, 0.2) is 12.1 Å². The number of aryl methyl sites for hydroxylation is 1. The summed E-state index contributed by atoms with van der Waals surface area (Å²) in [5, 5.41) is 9.98. The molecule has 1 amide bonds. The summed E-state index contributed by atoms with van der Waals surface area (Å²) in [6, 6.07) is 2.27. The predicted molar refractivity (Wildman–Crippen MR) is 99.8 cm³/mol. The SMILES string of the molecule is Cc1c(C(=O)Nc2nc(N3CCCCC3)n[nH]2)sc2nc(C(F)(F)F)ccc12. The Morgan fingerprint density at radius 1 is 1.21 bits per heavy atom. The van der Waals surface area contributed by atoms with E-state index in [1.807, 2.05) is 4.90 Å². The van der Waals surface area contributed by atoms with Crippen LogP contribution >= 0.6 is 11.3 Å². The molecule has 7 nitrogen and oxygen atoms in total. The quantitative estimate of drug-likeness (QED) is 0.682. The molecule has 0 saturated carbocycles. The molecule has 0 bridgehead atoms. The number of nitrogens with one attached hydrogen (secondary N) is 2. The van der Waals surface area contributed by atoms with Crippen LogP contribution in [0.2, 0.25) is 0 Å². The number of anilines is 2. The fraction of sp³-hybridized carbons (Fsp3) is 0.412. The number of aromatic amines is 1. The van der Waals surface area contributed by atoms with Gasteiger partial charge in [0.1, 0.15) is 10.5 Å². The Balaban J connectivity index is 1.55. The van der Waals surface area contributed by atoms with E-state index < -0.39 is 17.8 Å². The van der Waals surface area contributed by atoms with E-state index in [9.17, 15) is 18.0 Å². The van der Waals surface area contributed by atoms with E-state index in [4.69, 9.17) is 0 Å². The van der Waals surface area contributed by atoms with Gasteiger partial charge in [0, 0.05) is 18.5 Å². The van der Waals surface area contributed by atoms with Crippen molar-refractivity contribution < 1.29 is 18.0 Å². The zero-order valence-corrected chi connectivity index (χ0v) is 15.7. The number of H-pyrrole nitrogens is 1. The largest absolute Gasteiger partial charge is 0.433 e. The summed E-state index contributed by atoms with van der Waals surface area (Å²) >= 11 is 0.921. The van der Waals surface area contributed by atoms with Crippen LogP contribution in [-0.2, 0) is 6.18 Å². The number of aromatic nitrogens is 4. The van der Waals surface area contributed by atoms with Crippen LogP contribution in [0, 0.1) is 6.92 Å². The number of halogens is 3. The Hall–Kier alpha value is -2.69. The first-order chi connectivity index (χ1) is 13.3. The molecule has 4 rings (SSSR count). The van der Waals surface area contributed by atoms with E-state index in [0.29, 0.717) is 16.9 Å². The maximum atomic E-state index is 12.9. The van der Waals surface area contributed by atoms with Crippen LogP contribution < -0.4 is 10.2 Å². The van der Waals surface area contributed by atoms with Crippen LogP contribution in [0.25, 0.3) is 10.2 Å². The number of hydrogen-bond donors (Lipinski definition) is 2. The van der Waals surface area contributed by atoms with Crippen LogP contribution in [0.3, 0.4) is 0 Å². The Morgan fingerprint density at radius 2 is 1.96 bits per heavy atom. The summed E-state index contributed by atoms with van der Waals surface area (Å²) in [6.07, 6.45) is -1.20. The summed E-state index contributed by atoms with van der Waals surface area (Å²) in [5.41, 5.74) is -0.399. The molecule has 0 radical (unpaired) electrons. The van der Waals surface area contributed by atoms with Gasteiger partial charge in [-0.05, 0) is 43.9 Å². The van der Waals surface area contributed by atoms with E-state index in [1.54, 1.807) is 6.92 Å². The van der Waals surface area contributed by atoms with Gasteiger partial charge in [0.25, 0.3) is 5.91 Å². The zero-order valence-electron chi connectivity index (χ0n) is 14.9. The minimum absolute atomic E-state index is 0.170. The third kappa shape index (κ3) is 3.53. The van der Waals surface area contributed by atoms with Gasteiger partial charge >= 0.3 is 6.18 Å². The number of pyridine rings is 1. The van der Waals surface area contributed by atoms with E-state index in [2.05, 4.69) is 25.5 Å². The smallest absolute Gasteiger partial charge is 0.340 e. The molecule has 1 saturated heterocycles. The average molecular weight is 410 g/mol. The molecule has 0 aromatic carbocycles.